The molecular formula is C70H54N2O2. The molecule has 0 N–H and O–H groups in total. The molecule has 0 radical (unpaired) electrons. The van der Waals surface area contributed by atoms with Crippen molar-refractivity contribution in [3.63, 3.8) is 0 Å². The Labute approximate surface area is 431 Å². The molecule has 0 spiro atoms. The number of furan rings is 2. The van der Waals surface area contributed by atoms with Crippen molar-refractivity contribution in [2.24, 2.45) is 0 Å². The van der Waals surface area contributed by atoms with E-state index < -0.39 is 0 Å². The van der Waals surface area contributed by atoms with E-state index in [9.17, 15) is 0 Å². The van der Waals surface area contributed by atoms with Gasteiger partial charge in [-0.1, -0.05) is 210 Å². The normalized spacial score (nSPS) is 13.9. The maximum absolute atomic E-state index is 6.87. The molecule has 1 atom stereocenters. The van der Waals surface area contributed by atoms with E-state index in [2.05, 4.69) is 274 Å². The van der Waals surface area contributed by atoms with Gasteiger partial charge in [0.1, 0.15) is 11.2 Å². The first-order valence-electron chi connectivity index (χ1n) is 25.9. The van der Waals surface area contributed by atoms with Gasteiger partial charge >= 0.3 is 0 Å². The van der Waals surface area contributed by atoms with Crippen LogP contribution in [0.3, 0.4) is 0 Å². The summed E-state index contributed by atoms with van der Waals surface area (Å²) in [4.78, 5) is 4.97. The average Bonchev–Trinajstić information content (AvgIpc) is 4.08. The van der Waals surface area contributed by atoms with Gasteiger partial charge in [0, 0.05) is 49.1 Å². The van der Waals surface area contributed by atoms with E-state index in [1.165, 1.54) is 54.6 Å². The minimum Gasteiger partial charge on any atom is -0.454 e. The van der Waals surface area contributed by atoms with Crippen LogP contribution in [0.5, 0.6) is 0 Å². The van der Waals surface area contributed by atoms with Gasteiger partial charge in [0.25, 0.3) is 0 Å². The lowest BCUT2D eigenvalue weighted by Crippen LogP contribution is -2.28. The molecule has 11 aromatic carbocycles. The molecule has 0 fully saturated rings. The van der Waals surface area contributed by atoms with Crippen molar-refractivity contribution in [1.82, 2.24) is 0 Å². The highest BCUT2D eigenvalue weighted by Gasteiger charge is 2.32. The second kappa shape index (κ2) is 16.9. The van der Waals surface area contributed by atoms with E-state index in [4.69, 9.17) is 8.83 Å². The number of benzene rings is 11. The van der Waals surface area contributed by atoms with Crippen molar-refractivity contribution in [3.05, 3.63) is 264 Å². The van der Waals surface area contributed by atoms with Gasteiger partial charge in [-0.05, 0) is 110 Å². The van der Waals surface area contributed by atoms with E-state index in [0.717, 1.165) is 78.7 Å². The molecular weight excluding hydrogens is 901 g/mol. The van der Waals surface area contributed by atoms with Crippen molar-refractivity contribution in [1.29, 1.82) is 0 Å². The van der Waals surface area contributed by atoms with Crippen LogP contribution in [0.25, 0.3) is 71.5 Å². The van der Waals surface area contributed by atoms with Crippen LogP contribution < -0.4 is 15.0 Å². The topological polar surface area (TPSA) is 32.8 Å². The zero-order valence-corrected chi connectivity index (χ0v) is 42.0. The molecule has 1 unspecified atom stereocenters. The summed E-state index contributed by atoms with van der Waals surface area (Å²) in [5, 5.41) is 10.6. The van der Waals surface area contributed by atoms with Gasteiger partial charge in [0.05, 0.1) is 23.1 Å². The van der Waals surface area contributed by atoms with Crippen LogP contribution >= 0.6 is 0 Å². The molecule has 4 heteroatoms. The third-order valence-electron chi connectivity index (χ3n) is 16.4. The minimum absolute atomic E-state index is 0.0473. The van der Waals surface area contributed by atoms with E-state index in [0.29, 0.717) is 0 Å². The first-order chi connectivity index (χ1) is 36.2. The van der Waals surface area contributed by atoms with E-state index in [-0.39, 0.29) is 16.9 Å². The third kappa shape index (κ3) is 6.82. The van der Waals surface area contributed by atoms with Gasteiger partial charge in [-0.15, -0.1) is 0 Å². The average molecular weight is 955 g/mol. The Morgan fingerprint density at radius 1 is 0.378 bits per heavy atom. The van der Waals surface area contributed by atoms with Crippen LogP contribution in [-0.2, 0) is 10.8 Å². The molecule has 13 aromatic rings. The molecule has 0 bridgehead atoms. The number of fused-ring (bicyclic) bond motifs is 6. The second-order valence-electron chi connectivity index (χ2n) is 21.2. The molecule has 0 saturated heterocycles. The van der Waals surface area contributed by atoms with Crippen LogP contribution in [-0.4, -0.2) is 0 Å². The van der Waals surface area contributed by atoms with Gasteiger partial charge in [0.2, 0.25) is 0 Å². The lowest BCUT2D eigenvalue weighted by molar-refractivity contribution is 0.640. The minimum atomic E-state index is -0.190. The molecule has 2 heterocycles. The third-order valence-corrected chi connectivity index (χ3v) is 16.4. The van der Waals surface area contributed by atoms with Gasteiger partial charge in [-0.3, -0.25) is 0 Å². The summed E-state index contributed by atoms with van der Waals surface area (Å²) in [6.07, 6.45) is 3.27. The molecule has 0 amide bonds. The maximum atomic E-state index is 6.87. The lowest BCUT2D eigenvalue weighted by atomic mass is 9.78. The molecule has 1 aliphatic rings. The Morgan fingerprint density at radius 2 is 0.878 bits per heavy atom. The predicted molar refractivity (Wildman–Crippen MR) is 310 cm³/mol. The van der Waals surface area contributed by atoms with Gasteiger partial charge in [-0.2, -0.15) is 0 Å². The molecule has 2 aromatic heterocycles. The summed E-state index contributed by atoms with van der Waals surface area (Å²) in [5.74, 6) is 0. The number of rotatable bonds is 10. The van der Waals surface area contributed by atoms with Crippen molar-refractivity contribution >= 4 is 99.9 Å². The molecule has 0 aliphatic heterocycles. The molecule has 356 valence electrons. The van der Waals surface area contributed by atoms with Crippen molar-refractivity contribution in [3.8, 4) is 0 Å². The summed E-state index contributed by atoms with van der Waals surface area (Å²) < 4.78 is 13.7. The number of para-hydroxylation sites is 4. The first-order valence-corrected chi connectivity index (χ1v) is 25.9. The second-order valence-corrected chi connectivity index (χ2v) is 21.2. The highest BCUT2D eigenvalue weighted by atomic mass is 16.3. The number of anilines is 5. The predicted octanol–water partition coefficient (Wildman–Crippen LogP) is 18.7. The first kappa shape index (κ1) is 43.9. The molecule has 4 nitrogen and oxygen atoms in total. The Balaban J connectivity index is 0.964. The fourth-order valence-electron chi connectivity index (χ4n) is 12.3. The zero-order valence-electron chi connectivity index (χ0n) is 42.0. The number of hydrogen-bond acceptors (Lipinski definition) is 4. The Bertz CT molecular complexity index is 4340. The summed E-state index contributed by atoms with van der Waals surface area (Å²) >= 11 is 0. The lowest BCUT2D eigenvalue weighted by Gasteiger charge is -2.37. The molecule has 0 saturated carbocycles. The van der Waals surface area contributed by atoms with Gasteiger partial charge in [-0.25, -0.2) is 0 Å². The Hall–Kier alpha value is -8.86. The highest BCUT2D eigenvalue weighted by molar-refractivity contribution is 6.19. The van der Waals surface area contributed by atoms with E-state index in [1.807, 2.05) is 0 Å². The van der Waals surface area contributed by atoms with Gasteiger partial charge in [0.15, 0.2) is 11.2 Å². The Morgan fingerprint density at radius 3 is 1.49 bits per heavy atom. The van der Waals surface area contributed by atoms with Crippen LogP contribution in [0.4, 0.5) is 28.4 Å². The van der Waals surface area contributed by atoms with E-state index in [1.54, 1.807) is 0 Å². The SMILES string of the molecule is CC(C)(c1ccccc1)c1ccc(N(c2ccc3ccc4c5c(ccc2c35)=CCC4N(c2ccc(C(C)(C)c3ccccc3)cc2)c2cccc3c2oc2ccccc23)c2cccc3c2oc2ccccc23)cc1. The summed E-state index contributed by atoms with van der Waals surface area (Å²) in [6, 6.07) is 84.0. The summed E-state index contributed by atoms with van der Waals surface area (Å²) in [5.41, 5.74) is 14.8. The van der Waals surface area contributed by atoms with E-state index >= 15 is 0 Å². The Kier molecular flexibility index (Phi) is 10.0. The van der Waals surface area contributed by atoms with Gasteiger partial charge < -0.3 is 18.6 Å². The standard InChI is InChI=1S/C70H54N2O2/c1-69(2,47-17-7-5-8-18-47)49-33-37-51(38-34-49)71(61-25-15-23-55-53-21-11-13-27-63(53)73-67(55)61)59-43-31-45-30-42-58-60(44-32-46-29-41-57(59)65(45)66(46)58)72(62-26-16-24-56-54-22-12-14-28-64(54)74-68(56)62)52-39-35-50(36-40-52)70(3,4)48-19-9-6-10-20-48/h5-43,60H,44H2,1-4H3. The van der Waals surface area contributed by atoms with Crippen molar-refractivity contribution in [2.45, 2.75) is 51.0 Å². The molecule has 14 rings (SSSR count). The van der Waals surface area contributed by atoms with Crippen LogP contribution in [0.15, 0.2) is 239 Å². The number of nitrogens with zero attached hydrogens (tertiary/aromatic N) is 2. The largest absolute Gasteiger partial charge is 0.454 e. The molecule has 74 heavy (non-hydrogen) atoms. The monoisotopic (exact) mass is 954 g/mol. The van der Waals surface area contributed by atoms with Crippen molar-refractivity contribution in [2.75, 3.05) is 9.80 Å². The van der Waals surface area contributed by atoms with Crippen molar-refractivity contribution < 1.29 is 8.83 Å². The fourth-order valence-corrected chi connectivity index (χ4v) is 12.3. The van der Waals surface area contributed by atoms with Crippen LogP contribution in [0.1, 0.15) is 68.0 Å². The number of hydrogen-bond donors (Lipinski definition) is 0. The summed E-state index contributed by atoms with van der Waals surface area (Å²) in [7, 11) is 0. The molecule has 1 aliphatic carbocycles. The fraction of sp³-hybridized carbons (Fsp3) is 0.114. The van der Waals surface area contributed by atoms with Crippen LogP contribution in [0.2, 0.25) is 0 Å². The quantitative estimate of drug-likeness (QED) is 0.137. The highest BCUT2D eigenvalue weighted by Crippen LogP contribution is 2.50. The zero-order chi connectivity index (χ0) is 49.7. The van der Waals surface area contributed by atoms with Crippen LogP contribution in [0, 0.1) is 0 Å². The summed E-state index contributed by atoms with van der Waals surface area (Å²) in [6.45, 7) is 9.25. The smallest absolute Gasteiger partial charge is 0.159 e. The maximum Gasteiger partial charge on any atom is 0.159 e.